The number of thiazole rings is 1. The molecule has 1 aliphatic heterocycles. The maximum atomic E-state index is 13.8. The van der Waals surface area contributed by atoms with Crippen molar-refractivity contribution in [2.75, 3.05) is 39.9 Å². The third-order valence-corrected chi connectivity index (χ3v) is 5.96. The molecule has 0 amide bonds. The number of aryl methyl sites for hydroxylation is 2. The zero-order valence-electron chi connectivity index (χ0n) is 17.1. The quantitative estimate of drug-likeness (QED) is 0.339. The Morgan fingerprint density at radius 1 is 1.31 bits per heavy atom. The molecule has 0 radical (unpaired) electrons. The SMILES string of the molecule is CN=C(NCc1nc(C)c(C)s1)NCC(c1cccc(F)c1)N1CCOCC1.I. The summed E-state index contributed by atoms with van der Waals surface area (Å²) in [5.41, 5.74) is 2.03. The number of guanidine groups is 1. The lowest BCUT2D eigenvalue weighted by atomic mass is 10.0. The monoisotopic (exact) mass is 533 g/mol. The zero-order chi connectivity index (χ0) is 19.9. The molecule has 29 heavy (non-hydrogen) atoms. The van der Waals surface area contributed by atoms with Crippen LogP contribution in [0.15, 0.2) is 29.3 Å². The van der Waals surface area contributed by atoms with Gasteiger partial charge in [-0.15, -0.1) is 35.3 Å². The molecule has 2 heterocycles. The molecule has 0 spiro atoms. The number of nitrogens with zero attached hydrogens (tertiary/aromatic N) is 3. The van der Waals surface area contributed by atoms with Crippen LogP contribution in [-0.2, 0) is 11.3 Å². The lowest BCUT2D eigenvalue weighted by Gasteiger charge is -2.35. The van der Waals surface area contributed by atoms with Crippen molar-refractivity contribution in [2.45, 2.75) is 26.4 Å². The van der Waals surface area contributed by atoms with Gasteiger partial charge in [0.1, 0.15) is 10.8 Å². The minimum Gasteiger partial charge on any atom is -0.379 e. The summed E-state index contributed by atoms with van der Waals surface area (Å²) < 4.78 is 19.3. The van der Waals surface area contributed by atoms with Gasteiger partial charge >= 0.3 is 0 Å². The van der Waals surface area contributed by atoms with Crippen LogP contribution in [-0.4, -0.2) is 55.7 Å². The highest BCUT2D eigenvalue weighted by Crippen LogP contribution is 2.22. The Bertz CT molecular complexity index is 790. The van der Waals surface area contributed by atoms with Gasteiger partial charge in [-0.3, -0.25) is 9.89 Å². The van der Waals surface area contributed by atoms with Crippen LogP contribution in [0.2, 0.25) is 0 Å². The molecule has 1 aromatic heterocycles. The Hall–Kier alpha value is -1.30. The summed E-state index contributed by atoms with van der Waals surface area (Å²) in [5.74, 6) is 0.493. The van der Waals surface area contributed by atoms with E-state index in [0.717, 1.165) is 29.4 Å². The Kier molecular flexibility index (Phi) is 9.73. The van der Waals surface area contributed by atoms with Crippen molar-refractivity contribution < 1.29 is 9.13 Å². The third-order valence-electron chi connectivity index (χ3n) is 4.89. The van der Waals surface area contributed by atoms with E-state index in [0.29, 0.717) is 32.3 Å². The summed E-state index contributed by atoms with van der Waals surface area (Å²) in [6.07, 6.45) is 0. The number of morpholine rings is 1. The molecule has 1 aliphatic rings. The van der Waals surface area contributed by atoms with E-state index in [-0.39, 0.29) is 35.8 Å². The summed E-state index contributed by atoms with van der Waals surface area (Å²) in [6, 6.07) is 6.87. The van der Waals surface area contributed by atoms with E-state index in [9.17, 15) is 4.39 Å². The van der Waals surface area contributed by atoms with Crippen LogP contribution in [0, 0.1) is 19.7 Å². The van der Waals surface area contributed by atoms with Gasteiger partial charge in [0.05, 0.1) is 31.5 Å². The maximum absolute atomic E-state index is 13.8. The first kappa shape index (κ1) is 24.0. The molecule has 9 heteroatoms. The lowest BCUT2D eigenvalue weighted by molar-refractivity contribution is 0.0169. The molecule has 1 fully saturated rings. The fourth-order valence-electron chi connectivity index (χ4n) is 3.25. The molecule has 1 saturated heterocycles. The van der Waals surface area contributed by atoms with Crippen molar-refractivity contribution in [1.82, 2.24) is 20.5 Å². The standard InChI is InChI=1S/C20H28FN5OS.HI/c1-14-15(2)28-19(25-14)13-24-20(22-3)23-12-18(26-7-9-27-10-8-26)16-5-4-6-17(21)11-16;/h4-6,11,18H,7-10,12-13H2,1-3H3,(H2,22,23,24);1H. The maximum Gasteiger partial charge on any atom is 0.191 e. The number of rotatable bonds is 6. The normalized spacial score (nSPS) is 16.2. The number of aromatic nitrogens is 1. The third kappa shape index (κ3) is 6.87. The fourth-order valence-corrected chi connectivity index (χ4v) is 4.12. The molecular weight excluding hydrogens is 504 g/mol. The van der Waals surface area contributed by atoms with Gasteiger partial charge in [-0.2, -0.15) is 0 Å². The Morgan fingerprint density at radius 2 is 2.07 bits per heavy atom. The molecule has 2 aromatic rings. The predicted molar refractivity (Wildman–Crippen MR) is 127 cm³/mol. The molecule has 3 rings (SSSR count). The van der Waals surface area contributed by atoms with E-state index in [1.54, 1.807) is 30.5 Å². The minimum absolute atomic E-state index is 0. The van der Waals surface area contributed by atoms with Crippen LogP contribution in [0.25, 0.3) is 0 Å². The van der Waals surface area contributed by atoms with Crippen molar-refractivity contribution in [3.8, 4) is 0 Å². The second kappa shape index (κ2) is 11.8. The molecule has 0 saturated carbocycles. The van der Waals surface area contributed by atoms with E-state index in [1.165, 1.54) is 10.9 Å². The highest BCUT2D eigenvalue weighted by atomic mass is 127. The van der Waals surface area contributed by atoms with E-state index in [4.69, 9.17) is 4.74 Å². The average molecular weight is 533 g/mol. The summed E-state index contributed by atoms with van der Waals surface area (Å²) >= 11 is 1.69. The second-order valence-electron chi connectivity index (χ2n) is 6.78. The highest BCUT2D eigenvalue weighted by Gasteiger charge is 2.23. The minimum atomic E-state index is -0.215. The topological polar surface area (TPSA) is 61.8 Å². The summed E-state index contributed by atoms with van der Waals surface area (Å²) in [4.78, 5) is 12.4. The van der Waals surface area contributed by atoms with Crippen molar-refractivity contribution in [1.29, 1.82) is 0 Å². The molecule has 0 aliphatic carbocycles. The molecule has 0 bridgehead atoms. The van der Waals surface area contributed by atoms with Crippen LogP contribution in [0.3, 0.4) is 0 Å². The number of benzene rings is 1. The molecule has 1 atom stereocenters. The first-order valence-corrected chi connectivity index (χ1v) is 10.3. The molecule has 1 unspecified atom stereocenters. The second-order valence-corrected chi connectivity index (χ2v) is 8.06. The van der Waals surface area contributed by atoms with Crippen LogP contribution in [0.1, 0.15) is 27.2 Å². The van der Waals surface area contributed by atoms with Crippen molar-refractivity contribution in [3.63, 3.8) is 0 Å². The number of halogens is 2. The van der Waals surface area contributed by atoms with E-state index in [2.05, 4.69) is 32.4 Å². The van der Waals surface area contributed by atoms with Crippen LogP contribution < -0.4 is 10.6 Å². The number of aliphatic imine (C=N–C) groups is 1. The summed E-state index contributed by atoms with van der Waals surface area (Å²) in [5, 5.41) is 7.74. The van der Waals surface area contributed by atoms with E-state index >= 15 is 0 Å². The van der Waals surface area contributed by atoms with Gasteiger partial charge < -0.3 is 15.4 Å². The van der Waals surface area contributed by atoms with Crippen molar-refractivity contribution in [2.24, 2.45) is 4.99 Å². The smallest absolute Gasteiger partial charge is 0.191 e. The molecular formula is C20H29FIN5OS. The number of nitrogens with one attached hydrogen (secondary N) is 2. The highest BCUT2D eigenvalue weighted by molar-refractivity contribution is 14.0. The number of ether oxygens (including phenoxy) is 1. The zero-order valence-corrected chi connectivity index (χ0v) is 20.2. The summed E-state index contributed by atoms with van der Waals surface area (Å²) in [7, 11) is 1.75. The van der Waals surface area contributed by atoms with Gasteiger partial charge in [0, 0.05) is 31.6 Å². The van der Waals surface area contributed by atoms with Gasteiger partial charge in [-0.05, 0) is 31.5 Å². The largest absolute Gasteiger partial charge is 0.379 e. The van der Waals surface area contributed by atoms with Crippen molar-refractivity contribution >= 4 is 41.3 Å². The number of hydrogen-bond donors (Lipinski definition) is 2. The lowest BCUT2D eigenvalue weighted by Crippen LogP contribution is -2.46. The molecule has 6 nitrogen and oxygen atoms in total. The van der Waals surface area contributed by atoms with E-state index in [1.807, 2.05) is 13.0 Å². The van der Waals surface area contributed by atoms with Crippen molar-refractivity contribution in [3.05, 3.63) is 51.2 Å². The van der Waals surface area contributed by atoms with Gasteiger partial charge in [-0.1, -0.05) is 12.1 Å². The van der Waals surface area contributed by atoms with Gasteiger partial charge in [0.15, 0.2) is 5.96 Å². The first-order valence-electron chi connectivity index (χ1n) is 9.51. The molecule has 1 aromatic carbocycles. The van der Waals surface area contributed by atoms with Crippen LogP contribution >= 0.6 is 35.3 Å². The Labute approximate surface area is 193 Å². The first-order chi connectivity index (χ1) is 13.6. The van der Waals surface area contributed by atoms with E-state index < -0.39 is 0 Å². The van der Waals surface area contributed by atoms with Crippen LogP contribution in [0.4, 0.5) is 4.39 Å². The van der Waals surface area contributed by atoms with Crippen LogP contribution in [0.5, 0.6) is 0 Å². The molecule has 160 valence electrons. The fraction of sp³-hybridized carbons (Fsp3) is 0.500. The van der Waals surface area contributed by atoms with Gasteiger partial charge in [0.25, 0.3) is 0 Å². The number of hydrogen-bond acceptors (Lipinski definition) is 5. The predicted octanol–water partition coefficient (Wildman–Crippen LogP) is 3.26. The Balaban J connectivity index is 0.00000300. The summed E-state index contributed by atoms with van der Waals surface area (Å²) in [6.45, 7) is 8.40. The Morgan fingerprint density at radius 3 is 2.69 bits per heavy atom. The average Bonchev–Trinajstić information content (AvgIpc) is 3.03. The van der Waals surface area contributed by atoms with Gasteiger partial charge in [-0.25, -0.2) is 9.37 Å². The van der Waals surface area contributed by atoms with Gasteiger partial charge in [0.2, 0.25) is 0 Å². The molecule has 2 N–H and O–H groups in total.